The van der Waals surface area contributed by atoms with Gasteiger partial charge >= 0.3 is 5.97 Å². The van der Waals surface area contributed by atoms with E-state index < -0.39 is 5.97 Å². The highest BCUT2D eigenvalue weighted by Gasteiger charge is 2.38. The van der Waals surface area contributed by atoms with E-state index in [4.69, 9.17) is 9.47 Å². The van der Waals surface area contributed by atoms with E-state index >= 15 is 0 Å². The predicted octanol–water partition coefficient (Wildman–Crippen LogP) is 4.70. The number of allylic oxidation sites excluding steroid dienone is 1. The maximum atomic E-state index is 13.3. The van der Waals surface area contributed by atoms with Crippen molar-refractivity contribution in [2.24, 2.45) is 0 Å². The van der Waals surface area contributed by atoms with Gasteiger partial charge in [-0.25, -0.2) is 4.79 Å². The van der Waals surface area contributed by atoms with Gasteiger partial charge in [-0.3, -0.25) is 9.69 Å². The number of methoxy groups -OCH3 is 2. The Kier molecular flexibility index (Phi) is 5.87. The standard InChI is InChI=1S/C24H25NO4/c1-15(2)18-11-9-17(10-12-18)13-21-22(24(27)29-5)16(3)25(23(21)26)19-7-6-8-20(14-19)28-4/h6-15H,1-5H3/b21-13-. The zero-order chi connectivity index (χ0) is 21.1. The lowest BCUT2D eigenvalue weighted by atomic mass is 9.99. The van der Waals surface area contributed by atoms with E-state index in [1.807, 2.05) is 24.3 Å². The van der Waals surface area contributed by atoms with Gasteiger partial charge in [0.25, 0.3) is 5.91 Å². The molecule has 0 atom stereocenters. The first kappa shape index (κ1) is 20.4. The van der Waals surface area contributed by atoms with Crippen molar-refractivity contribution in [1.82, 2.24) is 0 Å². The van der Waals surface area contributed by atoms with Crippen LogP contribution in [0.4, 0.5) is 5.69 Å². The minimum Gasteiger partial charge on any atom is -0.497 e. The van der Waals surface area contributed by atoms with Gasteiger partial charge in [0.2, 0.25) is 0 Å². The van der Waals surface area contributed by atoms with Gasteiger partial charge in [-0.1, -0.05) is 44.2 Å². The second-order valence-electron chi connectivity index (χ2n) is 7.17. The van der Waals surface area contributed by atoms with Crippen LogP contribution in [0.25, 0.3) is 6.08 Å². The molecule has 29 heavy (non-hydrogen) atoms. The van der Waals surface area contributed by atoms with Gasteiger partial charge in [0.15, 0.2) is 0 Å². The molecule has 1 aliphatic heterocycles. The molecule has 5 heteroatoms. The summed E-state index contributed by atoms with van der Waals surface area (Å²) in [6.07, 6.45) is 1.74. The molecule has 0 bridgehead atoms. The third-order valence-corrected chi connectivity index (χ3v) is 5.02. The Labute approximate surface area is 171 Å². The molecule has 0 aromatic heterocycles. The van der Waals surface area contributed by atoms with Crippen LogP contribution in [0.2, 0.25) is 0 Å². The molecule has 2 aromatic rings. The number of nitrogens with zero attached hydrogens (tertiary/aromatic N) is 1. The molecule has 1 amide bonds. The van der Waals surface area contributed by atoms with Crippen molar-refractivity contribution in [3.63, 3.8) is 0 Å². The third-order valence-electron chi connectivity index (χ3n) is 5.02. The van der Waals surface area contributed by atoms with Crippen LogP contribution in [0.1, 0.15) is 37.8 Å². The highest BCUT2D eigenvalue weighted by atomic mass is 16.5. The summed E-state index contributed by atoms with van der Waals surface area (Å²) in [7, 11) is 2.88. The Morgan fingerprint density at radius 3 is 2.34 bits per heavy atom. The van der Waals surface area contributed by atoms with Crippen LogP contribution in [0, 0.1) is 0 Å². The van der Waals surface area contributed by atoms with Crippen LogP contribution in [-0.4, -0.2) is 26.1 Å². The summed E-state index contributed by atoms with van der Waals surface area (Å²) in [5.41, 5.74) is 3.80. The molecule has 0 saturated carbocycles. The summed E-state index contributed by atoms with van der Waals surface area (Å²) in [4.78, 5) is 27.3. The molecule has 0 radical (unpaired) electrons. The van der Waals surface area contributed by atoms with Gasteiger partial charge in [-0.05, 0) is 42.2 Å². The molecule has 150 valence electrons. The molecule has 1 heterocycles. The first-order valence-corrected chi connectivity index (χ1v) is 9.47. The number of carbonyl (C=O) groups is 2. The van der Waals surface area contributed by atoms with Crippen molar-refractivity contribution in [2.75, 3.05) is 19.1 Å². The number of ether oxygens (including phenoxy) is 2. The smallest absolute Gasteiger partial charge is 0.340 e. The number of rotatable bonds is 5. The monoisotopic (exact) mass is 391 g/mol. The SMILES string of the molecule is COC(=O)C1=C(C)N(c2cccc(OC)c2)C(=O)/C1=C\c1ccc(C(C)C)cc1. The van der Waals surface area contributed by atoms with E-state index in [1.54, 1.807) is 44.4 Å². The van der Waals surface area contributed by atoms with Gasteiger partial charge in [-0.15, -0.1) is 0 Å². The molecule has 0 fully saturated rings. The summed E-state index contributed by atoms with van der Waals surface area (Å²) in [5.74, 6) is 0.237. The Morgan fingerprint density at radius 2 is 1.76 bits per heavy atom. The fourth-order valence-corrected chi connectivity index (χ4v) is 3.38. The van der Waals surface area contributed by atoms with Gasteiger partial charge in [-0.2, -0.15) is 0 Å². The summed E-state index contributed by atoms with van der Waals surface area (Å²) in [6, 6.07) is 15.1. The number of carbonyl (C=O) groups excluding carboxylic acids is 2. The maximum absolute atomic E-state index is 13.3. The summed E-state index contributed by atoms with van der Waals surface area (Å²) in [6.45, 7) is 6.00. The topological polar surface area (TPSA) is 55.8 Å². The molecule has 1 aliphatic rings. The van der Waals surface area contributed by atoms with Crippen LogP contribution in [0.5, 0.6) is 5.75 Å². The minimum atomic E-state index is -0.536. The average Bonchev–Trinajstić information content (AvgIpc) is 2.97. The zero-order valence-corrected chi connectivity index (χ0v) is 17.4. The van der Waals surface area contributed by atoms with Gasteiger partial charge in [0, 0.05) is 11.8 Å². The maximum Gasteiger partial charge on any atom is 0.340 e. The van der Waals surface area contributed by atoms with E-state index in [0.717, 1.165) is 5.56 Å². The minimum absolute atomic E-state index is 0.272. The molecule has 3 rings (SSSR count). The fraction of sp³-hybridized carbons (Fsp3) is 0.250. The predicted molar refractivity (Wildman–Crippen MR) is 114 cm³/mol. The van der Waals surface area contributed by atoms with Crippen molar-refractivity contribution in [3.05, 3.63) is 76.5 Å². The highest BCUT2D eigenvalue weighted by molar-refractivity contribution is 6.23. The van der Waals surface area contributed by atoms with E-state index in [2.05, 4.69) is 13.8 Å². The van der Waals surface area contributed by atoms with Crippen LogP contribution >= 0.6 is 0 Å². The number of hydrogen-bond donors (Lipinski definition) is 0. The molecule has 0 saturated heterocycles. The second kappa shape index (κ2) is 8.35. The van der Waals surface area contributed by atoms with Crippen LogP contribution in [0.3, 0.4) is 0 Å². The Hall–Kier alpha value is -3.34. The molecule has 0 spiro atoms. The molecular formula is C24H25NO4. The number of hydrogen-bond acceptors (Lipinski definition) is 4. The van der Waals surface area contributed by atoms with Gasteiger partial charge in [0.1, 0.15) is 5.75 Å². The van der Waals surface area contributed by atoms with E-state index in [0.29, 0.717) is 28.6 Å². The molecule has 0 N–H and O–H groups in total. The van der Waals surface area contributed by atoms with Crippen molar-refractivity contribution >= 4 is 23.6 Å². The lowest BCUT2D eigenvalue weighted by Crippen LogP contribution is -2.24. The fourth-order valence-electron chi connectivity index (χ4n) is 3.38. The van der Waals surface area contributed by atoms with Crippen molar-refractivity contribution in [1.29, 1.82) is 0 Å². The highest BCUT2D eigenvalue weighted by Crippen LogP contribution is 2.36. The number of anilines is 1. The average molecular weight is 391 g/mol. The zero-order valence-electron chi connectivity index (χ0n) is 17.4. The van der Waals surface area contributed by atoms with E-state index in [9.17, 15) is 9.59 Å². The van der Waals surface area contributed by atoms with E-state index in [1.165, 1.54) is 17.6 Å². The molecule has 0 unspecified atom stereocenters. The first-order valence-electron chi connectivity index (χ1n) is 9.47. The lowest BCUT2D eigenvalue weighted by molar-refractivity contribution is -0.136. The lowest BCUT2D eigenvalue weighted by Gasteiger charge is -2.18. The Morgan fingerprint density at radius 1 is 1.07 bits per heavy atom. The third kappa shape index (κ3) is 3.94. The summed E-state index contributed by atoms with van der Waals surface area (Å²) >= 11 is 0. The van der Waals surface area contributed by atoms with Crippen LogP contribution < -0.4 is 9.64 Å². The van der Waals surface area contributed by atoms with Crippen molar-refractivity contribution in [2.45, 2.75) is 26.7 Å². The largest absolute Gasteiger partial charge is 0.497 e. The van der Waals surface area contributed by atoms with Crippen LogP contribution in [-0.2, 0) is 14.3 Å². The Balaban J connectivity index is 2.08. The number of benzene rings is 2. The molecule has 5 nitrogen and oxygen atoms in total. The van der Waals surface area contributed by atoms with Crippen LogP contribution in [0.15, 0.2) is 65.4 Å². The summed E-state index contributed by atoms with van der Waals surface area (Å²) in [5, 5.41) is 0. The first-order chi connectivity index (χ1) is 13.9. The van der Waals surface area contributed by atoms with Gasteiger partial charge < -0.3 is 9.47 Å². The molecule has 2 aromatic carbocycles. The van der Waals surface area contributed by atoms with Gasteiger partial charge in [0.05, 0.1) is 31.1 Å². The van der Waals surface area contributed by atoms with E-state index in [-0.39, 0.29) is 11.5 Å². The summed E-state index contributed by atoms with van der Waals surface area (Å²) < 4.78 is 10.2. The molecule has 0 aliphatic carbocycles. The van der Waals surface area contributed by atoms with Crippen molar-refractivity contribution < 1.29 is 19.1 Å². The van der Waals surface area contributed by atoms with Crippen molar-refractivity contribution in [3.8, 4) is 5.75 Å². The number of esters is 1. The Bertz CT molecular complexity index is 1000. The quantitative estimate of drug-likeness (QED) is 0.548. The normalized spacial score (nSPS) is 15.4. The number of amides is 1. The molecular weight excluding hydrogens is 366 g/mol. The second-order valence-corrected chi connectivity index (χ2v) is 7.17.